The Morgan fingerprint density at radius 2 is 1.73 bits per heavy atom. The van der Waals surface area contributed by atoms with Gasteiger partial charge in [-0.3, -0.25) is 9.59 Å². The third-order valence-corrected chi connectivity index (χ3v) is 15.2. The first-order valence-electron chi connectivity index (χ1n) is 17.4. The van der Waals surface area contributed by atoms with E-state index in [1.165, 1.54) is 6.92 Å². The molecule has 4 fully saturated rings. The van der Waals surface area contributed by atoms with Gasteiger partial charge in [0.15, 0.2) is 9.84 Å². The number of halogens is 1. The first-order valence-corrected chi connectivity index (χ1v) is 19.1. The van der Waals surface area contributed by atoms with Crippen LogP contribution in [0.2, 0.25) is 0 Å². The predicted octanol–water partition coefficient (Wildman–Crippen LogP) is 7.29. The van der Waals surface area contributed by atoms with Gasteiger partial charge in [-0.25, -0.2) is 12.8 Å². The minimum atomic E-state index is -3.65. The van der Waals surface area contributed by atoms with E-state index in [4.69, 9.17) is 4.74 Å². The van der Waals surface area contributed by atoms with Crippen molar-refractivity contribution in [1.82, 2.24) is 0 Å². The number of hydrogen-bond donors (Lipinski definition) is 1. The van der Waals surface area contributed by atoms with Gasteiger partial charge >= 0.3 is 5.97 Å². The Balaban J connectivity index is 1.24. The van der Waals surface area contributed by atoms with Crippen LogP contribution in [0.3, 0.4) is 0 Å². The Hall–Kier alpha value is -1.80. The van der Waals surface area contributed by atoms with Crippen molar-refractivity contribution < 1.29 is 32.2 Å². The molecular formula is C37H55FO6S. The van der Waals surface area contributed by atoms with Gasteiger partial charge in [-0.1, -0.05) is 58.7 Å². The van der Waals surface area contributed by atoms with E-state index >= 15 is 4.39 Å². The van der Waals surface area contributed by atoms with Crippen molar-refractivity contribution in [2.45, 2.75) is 129 Å². The van der Waals surface area contributed by atoms with E-state index in [1.807, 2.05) is 0 Å². The number of benzene rings is 1. The van der Waals surface area contributed by atoms with Crippen LogP contribution >= 0.6 is 0 Å². The molecule has 1 N–H and O–H groups in total. The summed E-state index contributed by atoms with van der Waals surface area (Å²) < 4.78 is 47.4. The fourth-order valence-electron chi connectivity index (χ4n) is 11.4. The average Bonchev–Trinajstić information content (AvgIpc) is 3.32. The number of esters is 1. The fourth-order valence-corrected chi connectivity index (χ4v) is 12.9. The van der Waals surface area contributed by atoms with Crippen LogP contribution in [0.1, 0.15) is 104 Å². The molecule has 0 bridgehead atoms. The van der Waals surface area contributed by atoms with E-state index < -0.39 is 39.9 Å². The van der Waals surface area contributed by atoms with Gasteiger partial charge in [-0.2, -0.15) is 0 Å². The van der Waals surface area contributed by atoms with Gasteiger partial charge in [-0.15, -0.1) is 0 Å². The molecule has 4 saturated carbocycles. The molecule has 4 aliphatic rings. The quantitative estimate of drug-likeness (QED) is 0.268. The molecule has 0 saturated heterocycles. The zero-order chi connectivity index (χ0) is 32.9. The van der Waals surface area contributed by atoms with Crippen LogP contribution in [0.5, 0.6) is 0 Å². The van der Waals surface area contributed by atoms with Gasteiger partial charge in [0.2, 0.25) is 0 Å². The number of ketones is 1. The lowest BCUT2D eigenvalue weighted by Crippen LogP contribution is -2.65. The number of aliphatic hydroxyl groups is 1. The van der Waals surface area contributed by atoms with Gasteiger partial charge in [0, 0.05) is 19.3 Å². The predicted molar refractivity (Wildman–Crippen MR) is 173 cm³/mol. The minimum absolute atomic E-state index is 0.0747. The van der Waals surface area contributed by atoms with Gasteiger partial charge in [0.1, 0.15) is 23.8 Å². The fraction of sp³-hybridized carbons (Fsp3) is 0.784. The molecule has 252 valence electrons. The molecule has 1 aromatic rings. The first-order chi connectivity index (χ1) is 21.2. The van der Waals surface area contributed by atoms with E-state index in [0.717, 1.165) is 38.5 Å². The molecule has 5 rings (SSSR count). The lowest BCUT2D eigenvalue weighted by Gasteiger charge is -2.65. The highest BCUT2D eigenvalue weighted by molar-refractivity contribution is 7.92. The highest BCUT2D eigenvalue weighted by atomic mass is 32.2. The number of sulfone groups is 1. The number of Topliss-reactive ketones (excluding diaryl/α,β-unsaturated/α-hetero) is 1. The van der Waals surface area contributed by atoms with E-state index in [2.05, 4.69) is 27.7 Å². The van der Waals surface area contributed by atoms with Crippen LogP contribution < -0.4 is 0 Å². The Morgan fingerprint density at radius 3 is 2.40 bits per heavy atom. The highest BCUT2D eigenvalue weighted by Crippen LogP contribution is 2.70. The van der Waals surface area contributed by atoms with Crippen molar-refractivity contribution >= 4 is 21.6 Å². The summed E-state index contributed by atoms with van der Waals surface area (Å²) in [6.07, 6.45) is 5.50. The summed E-state index contributed by atoms with van der Waals surface area (Å²) >= 11 is 0. The second kappa shape index (κ2) is 13.0. The molecule has 5 unspecified atom stereocenters. The lowest BCUT2D eigenvalue weighted by atomic mass is 9.41. The number of hydrogen-bond acceptors (Lipinski definition) is 6. The Bertz CT molecular complexity index is 1360. The number of ether oxygens (including phenoxy) is 1. The second-order valence-electron chi connectivity index (χ2n) is 15.7. The van der Waals surface area contributed by atoms with Crippen molar-refractivity contribution in [3.8, 4) is 0 Å². The molecule has 4 aliphatic carbocycles. The molecule has 6 nitrogen and oxygen atoms in total. The molecule has 0 amide bonds. The zero-order valence-corrected chi connectivity index (χ0v) is 29.0. The van der Waals surface area contributed by atoms with Gasteiger partial charge in [0.05, 0.1) is 11.0 Å². The van der Waals surface area contributed by atoms with Crippen molar-refractivity contribution in [2.24, 2.45) is 52.3 Å². The maximum absolute atomic E-state index is 16.2. The third kappa shape index (κ3) is 6.16. The number of rotatable bonds is 10. The maximum atomic E-state index is 16.2. The largest absolute Gasteiger partial charge is 0.459 e. The topological polar surface area (TPSA) is 97.7 Å². The van der Waals surface area contributed by atoms with E-state index in [1.54, 1.807) is 31.2 Å². The zero-order valence-electron chi connectivity index (χ0n) is 28.1. The van der Waals surface area contributed by atoms with E-state index in [-0.39, 0.29) is 51.6 Å². The molecule has 8 heteroatoms. The summed E-state index contributed by atoms with van der Waals surface area (Å²) in [4.78, 5) is 24.7. The molecule has 0 aliphatic heterocycles. The summed E-state index contributed by atoms with van der Waals surface area (Å²) in [5, 5.41) is 12.0. The van der Waals surface area contributed by atoms with Crippen molar-refractivity contribution in [3.05, 3.63) is 29.8 Å². The normalized spacial score (nSPS) is 40.1. The molecular weight excluding hydrogens is 591 g/mol. The number of aryl methyl sites for hydroxylation is 1. The standard InChI is InChI=1S/C37H55FO6S/c1-7-26-33-34(38)30(44-24(4)39)18-20-37(33,6)29-17-19-36(5)27(15-16-28(36)32(29)35(26)41)22(2)12-10-13-25(40)21-45(42,43)31-14-9-8-11-23(31)3/h8-9,11,14,22,26-30,32-35,41H,7,10,12-13,15-21H2,1-6H3/t22-,26-,27?,28?,29?,30-,32?,33-,34+,35?,36-,37-/m1/s1. The summed E-state index contributed by atoms with van der Waals surface area (Å²) in [5.41, 5.74) is 0.505. The smallest absolute Gasteiger partial charge is 0.303 e. The van der Waals surface area contributed by atoms with Gasteiger partial charge < -0.3 is 9.84 Å². The highest BCUT2D eigenvalue weighted by Gasteiger charge is 2.67. The summed E-state index contributed by atoms with van der Waals surface area (Å²) in [5.74, 6) is 0.0222. The third-order valence-electron chi connectivity index (χ3n) is 13.3. The summed E-state index contributed by atoms with van der Waals surface area (Å²) in [6, 6.07) is 6.81. The molecule has 45 heavy (non-hydrogen) atoms. The number of fused-ring (bicyclic) bond motifs is 5. The van der Waals surface area contributed by atoms with Gasteiger partial charge in [0.25, 0.3) is 0 Å². The van der Waals surface area contributed by atoms with Crippen molar-refractivity contribution in [2.75, 3.05) is 5.75 Å². The van der Waals surface area contributed by atoms with Crippen LogP contribution in [0.4, 0.5) is 4.39 Å². The van der Waals surface area contributed by atoms with Crippen LogP contribution in [0.15, 0.2) is 29.2 Å². The average molecular weight is 647 g/mol. The molecule has 0 spiro atoms. The van der Waals surface area contributed by atoms with E-state index in [0.29, 0.717) is 42.6 Å². The first kappa shape index (κ1) is 34.5. The number of aliphatic hydroxyl groups excluding tert-OH is 1. The maximum Gasteiger partial charge on any atom is 0.303 e. The number of carbonyl (C=O) groups excluding carboxylic acids is 2. The Labute approximate surface area is 270 Å². The van der Waals surface area contributed by atoms with Crippen LogP contribution in [0, 0.1) is 59.2 Å². The van der Waals surface area contributed by atoms with Crippen molar-refractivity contribution in [3.63, 3.8) is 0 Å². The number of carbonyl (C=O) groups is 2. The van der Waals surface area contributed by atoms with Gasteiger partial charge in [-0.05, 0) is 110 Å². The van der Waals surface area contributed by atoms with Crippen LogP contribution in [-0.2, 0) is 24.2 Å². The monoisotopic (exact) mass is 646 g/mol. The SMILES string of the molecule is CC[C@H]1C(O)C2C3CCC([C@H](C)CCCC(=O)CS(=O)(=O)c4ccccc4C)[C@@]3(C)CCC2[C@@]2(C)CC[C@@H](OC(C)=O)[C@H](F)[C@@H]12. The Kier molecular flexibility index (Phi) is 9.98. The molecule has 0 radical (unpaired) electrons. The van der Waals surface area contributed by atoms with E-state index in [9.17, 15) is 23.1 Å². The van der Waals surface area contributed by atoms with Crippen molar-refractivity contribution in [1.29, 1.82) is 0 Å². The van der Waals surface area contributed by atoms with Crippen LogP contribution in [0.25, 0.3) is 0 Å². The molecule has 0 heterocycles. The molecule has 12 atom stereocenters. The van der Waals surface area contributed by atoms with Crippen LogP contribution in [-0.4, -0.2) is 49.4 Å². The minimum Gasteiger partial charge on any atom is -0.459 e. The molecule has 0 aromatic heterocycles. The summed E-state index contributed by atoms with van der Waals surface area (Å²) in [7, 11) is -3.65. The Morgan fingerprint density at radius 1 is 1.07 bits per heavy atom. The second-order valence-corrected chi connectivity index (χ2v) is 17.6. The lowest BCUT2D eigenvalue weighted by molar-refractivity contribution is -0.226. The summed E-state index contributed by atoms with van der Waals surface area (Å²) in [6.45, 7) is 12.1. The number of alkyl halides is 1. The molecule has 1 aromatic carbocycles.